The number of benzene rings is 10. The van der Waals surface area contributed by atoms with Crippen molar-refractivity contribution in [2.75, 3.05) is 0 Å². The summed E-state index contributed by atoms with van der Waals surface area (Å²) in [5.74, 6) is 0. The summed E-state index contributed by atoms with van der Waals surface area (Å²) in [6, 6.07) is 92.3. The average molecular weight is 832 g/mol. The second kappa shape index (κ2) is 14.5. The first-order chi connectivity index (χ1) is 31.8. The number of rotatable bonds is 7. The van der Waals surface area contributed by atoms with E-state index in [1.165, 1.54) is 86.2 Å². The van der Waals surface area contributed by atoms with Crippen LogP contribution in [0, 0.1) is 0 Å². The van der Waals surface area contributed by atoms with Crippen LogP contribution in [0.2, 0.25) is 0 Å². The SMILES string of the molecule is c1ccc([Si](c2ccccc2)(c2ccccc2)c2ccc(-n3c4ccccc4c4cc(-n5c6ccccc6c6ccccc65)cc(-n5c6ccccc6c6ccccc65)c43)cc2)cc1. The van der Waals surface area contributed by atoms with Gasteiger partial charge in [0.15, 0.2) is 8.07 Å². The van der Waals surface area contributed by atoms with Crippen molar-refractivity contribution in [3.8, 4) is 17.1 Å². The van der Waals surface area contributed by atoms with E-state index in [0.29, 0.717) is 0 Å². The van der Waals surface area contributed by atoms with Crippen LogP contribution in [0.15, 0.2) is 249 Å². The normalized spacial score (nSPS) is 12.1. The van der Waals surface area contributed by atoms with Crippen LogP contribution in [0.5, 0.6) is 0 Å². The van der Waals surface area contributed by atoms with Crippen molar-refractivity contribution in [3.63, 3.8) is 0 Å². The van der Waals surface area contributed by atoms with Gasteiger partial charge in [0.25, 0.3) is 0 Å². The zero-order valence-electron chi connectivity index (χ0n) is 35.0. The summed E-state index contributed by atoms with van der Waals surface area (Å²) in [5, 5.41) is 12.8. The van der Waals surface area contributed by atoms with E-state index < -0.39 is 8.07 Å². The first kappa shape index (κ1) is 36.5. The number of para-hydroxylation sites is 5. The molecule has 0 aliphatic rings. The maximum absolute atomic E-state index is 2.73. The average Bonchev–Trinajstić information content (AvgIpc) is 4.01. The van der Waals surface area contributed by atoms with E-state index in [1.54, 1.807) is 0 Å². The topological polar surface area (TPSA) is 14.8 Å². The molecule has 0 amide bonds. The summed E-state index contributed by atoms with van der Waals surface area (Å²) in [6.45, 7) is 0. The van der Waals surface area contributed by atoms with Crippen molar-refractivity contribution in [1.82, 2.24) is 13.7 Å². The molecule has 3 heterocycles. The Balaban J connectivity index is 1.14. The molecule has 0 bridgehead atoms. The molecule has 300 valence electrons. The summed E-state index contributed by atoms with van der Waals surface area (Å²) >= 11 is 0. The van der Waals surface area contributed by atoms with Gasteiger partial charge in [-0.1, -0.05) is 194 Å². The van der Waals surface area contributed by atoms with Crippen molar-refractivity contribution in [2.24, 2.45) is 0 Å². The molecule has 0 unspecified atom stereocenters. The monoisotopic (exact) mass is 831 g/mol. The van der Waals surface area contributed by atoms with Crippen LogP contribution >= 0.6 is 0 Å². The number of fused-ring (bicyclic) bond motifs is 9. The standard InChI is InChI=1S/C60H41N3Si/c1-4-20-44(21-5-1)64(45-22-6-2-7-23-45,46-24-8-3-9-25-46)47-38-36-42(37-39-47)62-56-33-17-14-30-52(56)53-40-43(61-54-31-15-10-26-48(54)49-27-11-16-32-55(49)61)41-59(60(53)62)63-57-34-18-12-28-50(57)51-29-13-19-35-58(51)63/h1-41H. The number of aromatic nitrogens is 3. The first-order valence-electron chi connectivity index (χ1n) is 22.1. The van der Waals surface area contributed by atoms with Gasteiger partial charge in [-0.3, -0.25) is 0 Å². The van der Waals surface area contributed by atoms with E-state index in [9.17, 15) is 0 Å². The maximum atomic E-state index is 2.51. The predicted octanol–water partition coefficient (Wildman–Crippen LogP) is 12.4. The summed E-state index contributed by atoms with van der Waals surface area (Å²) in [6.07, 6.45) is 0. The fourth-order valence-corrected chi connectivity index (χ4v) is 15.7. The fourth-order valence-electron chi connectivity index (χ4n) is 10.9. The molecule has 0 N–H and O–H groups in total. The zero-order chi connectivity index (χ0) is 42.2. The van der Waals surface area contributed by atoms with E-state index in [-0.39, 0.29) is 0 Å². The van der Waals surface area contributed by atoms with Crippen molar-refractivity contribution >= 4 is 94.2 Å². The Morgan fingerprint density at radius 3 is 0.984 bits per heavy atom. The number of nitrogens with zero attached hydrogens (tertiary/aromatic N) is 3. The van der Waals surface area contributed by atoms with E-state index >= 15 is 0 Å². The highest BCUT2D eigenvalue weighted by Crippen LogP contribution is 2.42. The quantitative estimate of drug-likeness (QED) is 0.112. The minimum atomic E-state index is -2.73. The van der Waals surface area contributed by atoms with E-state index in [1.807, 2.05) is 0 Å². The molecule has 0 spiro atoms. The molecule has 0 atom stereocenters. The van der Waals surface area contributed by atoms with Crippen LogP contribution in [0.25, 0.3) is 82.5 Å². The molecule has 0 saturated carbocycles. The molecular formula is C60H41N3Si. The van der Waals surface area contributed by atoms with Crippen LogP contribution in [0.4, 0.5) is 0 Å². The Hall–Kier alpha value is -8.18. The Morgan fingerprint density at radius 2 is 0.562 bits per heavy atom. The van der Waals surface area contributed by atoms with Gasteiger partial charge in [-0.05, 0) is 75.3 Å². The van der Waals surface area contributed by atoms with Gasteiger partial charge in [0, 0.05) is 43.7 Å². The highest BCUT2D eigenvalue weighted by Gasteiger charge is 2.41. The molecule has 0 fully saturated rings. The van der Waals surface area contributed by atoms with Gasteiger partial charge >= 0.3 is 0 Å². The van der Waals surface area contributed by atoms with Crippen molar-refractivity contribution in [3.05, 3.63) is 249 Å². The van der Waals surface area contributed by atoms with Gasteiger partial charge in [0.2, 0.25) is 0 Å². The number of hydrogen-bond donors (Lipinski definition) is 0. The summed E-state index contributed by atoms with van der Waals surface area (Å²) < 4.78 is 7.48. The molecular weight excluding hydrogens is 791 g/mol. The van der Waals surface area contributed by atoms with Crippen molar-refractivity contribution in [1.29, 1.82) is 0 Å². The highest BCUT2D eigenvalue weighted by molar-refractivity contribution is 7.19. The van der Waals surface area contributed by atoms with Crippen LogP contribution in [-0.4, -0.2) is 21.8 Å². The lowest BCUT2D eigenvalue weighted by molar-refractivity contribution is 1.11. The molecule has 0 aliphatic heterocycles. The van der Waals surface area contributed by atoms with Gasteiger partial charge in [-0.25, -0.2) is 0 Å². The third-order valence-electron chi connectivity index (χ3n) is 13.6. The molecule has 13 aromatic rings. The lowest BCUT2D eigenvalue weighted by Gasteiger charge is -2.34. The molecule has 0 aliphatic carbocycles. The van der Waals surface area contributed by atoms with E-state index in [0.717, 1.165) is 17.1 Å². The highest BCUT2D eigenvalue weighted by atomic mass is 28.3. The lowest BCUT2D eigenvalue weighted by atomic mass is 10.1. The lowest BCUT2D eigenvalue weighted by Crippen LogP contribution is -2.74. The third-order valence-corrected chi connectivity index (χ3v) is 18.4. The molecule has 0 saturated heterocycles. The van der Waals surface area contributed by atoms with Crippen LogP contribution in [-0.2, 0) is 0 Å². The molecule has 3 nitrogen and oxygen atoms in total. The smallest absolute Gasteiger partial charge is 0.179 e. The molecule has 10 aromatic carbocycles. The van der Waals surface area contributed by atoms with E-state index in [2.05, 4.69) is 262 Å². The maximum Gasteiger partial charge on any atom is 0.179 e. The van der Waals surface area contributed by atoms with Crippen molar-refractivity contribution in [2.45, 2.75) is 0 Å². The summed E-state index contributed by atoms with van der Waals surface area (Å²) in [5.41, 5.74) is 10.5. The Kier molecular flexibility index (Phi) is 8.23. The second-order valence-electron chi connectivity index (χ2n) is 16.8. The zero-order valence-corrected chi connectivity index (χ0v) is 36.0. The molecule has 4 heteroatoms. The van der Waals surface area contributed by atoms with Crippen LogP contribution < -0.4 is 20.7 Å². The van der Waals surface area contributed by atoms with Gasteiger partial charge in [-0.15, -0.1) is 0 Å². The largest absolute Gasteiger partial charge is 0.309 e. The van der Waals surface area contributed by atoms with Crippen LogP contribution in [0.3, 0.4) is 0 Å². The van der Waals surface area contributed by atoms with Crippen molar-refractivity contribution < 1.29 is 0 Å². The summed E-state index contributed by atoms with van der Waals surface area (Å²) in [7, 11) is -2.73. The Bertz CT molecular complexity index is 3680. The third kappa shape index (κ3) is 5.27. The van der Waals surface area contributed by atoms with E-state index in [4.69, 9.17) is 0 Å². The molecule has 64 heavy (non-hydrogen) atoms. The molecule has 13 rings (SSSR count). The Morgan fingerprint density at radius 1 is 0.234 bits per heavy atom. The summed E-state index contributed by atoms with van der Waals surface area (Å²) in [4.78, 5) is 0. The van der Waals surface area contributed by atoms with Gasteiger partial charge in [-0.2, -0.15) is 0 Å². The van der Waals surface area contributed by atoms with Gasteiger partial charge < -0.3 is 13.7 Å². The molecule has 3 aromatic heterocycles. The van der Waals surface area contributed by atoms with Gasteiger partial charge in [0.05, 0.1) is 38.8 Å². The second-order valence-corrected chi connectivity index (χ2v) is 20.7. The minimum absolute atomic E-state index is 1.12. The first-order valence-corrected chi connectivity index (χ1v) is 24.1. The van der Waals surface area contributed by atoms with Gasteiger partial charge in [0.1, 0.15) is 0 Å². The fraction of sp³-hybridized carbons (Fsp3) is 0. The minimum Gasteiger partial charge on any atom is -0.309 e. The molecule has 0 radical (unpaired) electrons. The predicted molar refractivity (Wildman–Crippen MR) is 273 cm³/mol. The Labute approximate surface area is 372 Å². The van der Waals surface area contributed by atoms with Crippen LogP contribution in [0.1, 0.15) is 0 Å². The number of hydrogen-bond acceptors (Lipinski definition) is 0.